The van der Waals surface area contributed by atoms with Gasteiger partial charge in [-0.05, 0) is 58.6 Å². The largest absolute Gasteiger partial charge is 0.357 e. The molecule has 0 aromatic carbocycles. The highest BCUT2D eigenvalue weighted by Gasteiger charge is 2.36. The zero-order chi connectivity index (χ0) is 19.5. The van der Waals surface area contributed by atoms with Crippen LogP contribution in [-0.4, -0.2) is 46.9 Å². The van der Waals surface area contributed by atoms with Crippen LogP contribution in [0.3, 0.4) is 0 Å². The molecule has 0 spiro atoms. The lowest BCUT2D eigenvalue weighted by Gasteiger charge is -2.41. The van der Waals surface area contributed by atoms with Gasteiger partial charge in [0, 0.05) is 31.8 Å². The van der Waals surface area contributed by atoms with E-state index in [-0.39, 0.29) is 17.6 Å². The second kappa shape index (κ2) is 12.3. The van der Waals surface area contributed by atoms with Crippen LogP contribution in [0.15, 0.2) is 0 Å². The molecule has 2 amide bonds. The summed E-state index contributed by atoms with van der Waals surface area (Å²) < 4.78 is 0. The van der Waals surface area contributed by atoms with Crippen LogP contribution in [0.1, 0.15) is 79.1 Å². The minimum absolute atomic E-state index is 0.0113. The van der Waals surface area contributed by atoms with Crippen molar-refractivity contribution in [3.05, 3.63) is 0 Å². The topological polar surface area (TPSA) is 66.5 Å². The van der Waals surface area contributed by atoms with Crippen molar-refractivity contribution in [1.82, 2.24) is 10.2 Å². The van der Waals surface area contributed by atoms with Crippen LogP contribution >= 0.6 is 12.6 Å². The molecule has 0 aliphatic heterocycles. The summed E-state index contributed by atoms with van der Waals surface area (Å²) in [6, 6.07) is -0.539. The van der Waals surface area contributed by atoms with Gasteiger partial charge < -0.3 is 10.2 Å². The van der Waals surface area contributed by atoms with E-state index < -0.39 is 11.6 Å². The zero-order valence-corrected chi connectivity index (χ0v) is 17.5. The van der Waals surface area contributed by atoms with Crippen molar-refractivity contribution in [3.8, 4) is 0 Å². The summed E-state index contributed by atoms with van der Waals surface area (Å²) in [5.74, 6) is 0.796. The first kappa shape index (κ1) is 24.0. The van der Waals surface area contributed by atoms with E-state index in [0.717, 1.165) is 25.0 Å². The van der Waals surface area contributed by atoms with E-state index in [1.807, 2.05) is 27.7 Å². The molecule has 0 aliphatic carbocycles. The number of hydrogen-bond acceptors (Lipinski definition) is 4. The van der Waals surface area contributed by atoms with Crippen LogP contribution < -0.4 is 5.32 Å². The number of rotatable bonds is 12. The van der Waals surface area contributed by atoms with E-state index in [9.17, 15) is 14.4 Å². The van der Waals surface area contributed by atoms with E-state index in [2.05, 4.69) is 17.9 Å². The third-order valence-electron chi connectivity index (χ3n) is 4.11. The Balaban J connectivity index is 5.13. The molecule has 146 valence electrons. The van der Waals surface area contributed by atoms with Gasteiger partial charge in [-0.25, -0.2) is 0 Å². The number of nitrogens with zero attached hydrogens (tertiary/aromatic N) is 1. The minimum Gasteiger partial charge on any atom is -0.357 e. The van der Waals surface area contributed by atoms with E-state index in [1.54, 1.807) is 11.9 Å². The first-order chi connectivity index (χ1) is 11.7. The molecule has 0 saturated heterocycles. The van der Waals surface area contributed by atoms with Gasteiger partial charge in [0.1, 0.15) is 11.8 Å². The van der Waals surface area contributed by atoms with Gasteiger partial charge in [-0.15, -0.1) is 0 Å². The van der Waals surface area contributed by atoms with Crippen LogP contribution in [0.25, 0.3) is 0 Å². The highest BCUT2D eigenvalue weighted by Crippen LogP contribution is 2.23. The molecule has 25 heavy (non-hydrogen) atoms. The van der Waals surface area contributed by atoms with Crippen molar-refractivity contribution in [1.29, 1.82) is 0 Å². The average Bonchev–Trinajstić information content (AvgIpc) is 2.52. The van der Waals surface area contributed by atoms with Crippen LogP contribution in [0.4, 0.5) is 0 Å². The smallest absolute Gasteiger partial charge is 0.242 e. The van der Waals surface area contributed by atoms with E-state index >= 15 is 0 Å². The Morgan fingerprint density at radius 1 is 1.04 bits per heavy atom. The molecule has 6 heteroatoms. The Morgan fingerprint density at radius 2 is 1.68 bits per heavy atom. The van der Waals surface area contributed by atoms with Crippen molar-refractivity contribution in [2.45, 2.75) is 90.6 Å². The Labute approximate surface area is 158 Å². The highest BCUT2D eigenvalue weighted by atomic mass is 32.1. The molecule has 0 rings (SSSR count). The number of thiol groups is 1. The van der Waals surface area contributed by atoms with Gasteiger partial charge in [-0.2, -0.15) is 12.6 Å². The normalized spacial score (nSPS) is 12.6. The maximum absolute atomic E-state index is 12.8. The number of Topliss-reactive ketones (excluding diaryl/α,β-unsaturated/α-hetero) is 1. The number of nitrogens with one attached hydrogen (secondary N) is 1. The van der Waals surface area contributed by atoms with Crippen molar-refractivity contribution in [3.63, 3.8) is 0 Å². The number of amides is 2. The number of carbonyl (C=O) groups is 3. The first-order valence-corrected chi connectivity index (χ1v) is 9.98. The second-order valence-electron chi connectivity index (χ2n) is 7.43. The molecule has 0 bridgehead atoms. The molecule has 0 aromatic rings. The summed E-state index contributed by atoms with van der Waals surface area (Å²) in [6.45, 7) is 7.82. The number of ketones is 1. The van der Waals surface area contributed by atoms with Crippen LogP contribution in [0.5, 0.6) is 0 Å². The molecule has 0 saturated carbocycles. The fraction of sp³-hybridized carbons (Fsp3) is 0.842. The summed E-state index contributed by atoms with van der Waals surface area (Å²) in [5.41, 5.74) is -0.456. The van der Waals surface area contributed by atoms with Gasteiger partial charge in [0.25, 0.3) is 0 Å². The van der Waals surface area contributed by atoms with E-state index in [1.165, 1.54) is 0 Å². The fourth-order valence-corrected chi connectivity index (χ4v) is 3.19. The van der Waals surface area contributed by atoms with Gasteiger partial charge >= 0.3 is 0 Å². The maximum Gasteiger partial charge on any atom is 0.242 e. The number of carbonyl (C=O) groups excluding carboxylic acids is 3. The van der Waals surface area contributed by atoms with Gasteiger partial charge in [-0.3, -0.25) is 14.4 Å². The molecule has 1 N–H and O–H groups in total. The van der Waals surface area contributed by atoms with Crippen molar-refractivity contribution >= 4 is 30.2 Å². The molecule has 0 unspecified atom stereocenters. The van der Waals surface area contributed by atoms with Crippen LogP contribution in [-0.2, 0) is 14.4 Å². The monoisotopic (exact) mass is 372 g/mol. The number of hydrogen-bond donors (Lipinski definition) is 2. The Bertz CT molecular complexity index is 433. The quantitative estimate of drug-likeness (QED) is 0.408. The van der Waals surface area contributed by atoms with Gasteiger partial charge in [0.15, 0.2) is 0 Å². The standard InChI is InChI=1S/C19H36N2O3S/c1-6-10-15(22)11-9-12-16(18(24)20-5)21(19(2,3)4)17(23)13-7-8-14-25/h16,25H,6-14H2,1-5H3,(H,20,24)/t16-/m0/s1. The lowest BCUT2D eigenvalue weighted by molar-refractivity contribution is -0.146. The molecule has 5 nitrogen and oxygen atoms in total. The lowest BCUT2D eigenvalue weighted by Crippen LogP contribution is -2.56. The molecule has 0 fully saturated rings. The second-order valence-corrected chi connectivity index (χ2v) is 7.87. The molecule has 0 aromatic heterocycles. The van der Waals surface area contributed by atoms with Gasteiger partial charge in [0.05, 0.1) is 0 Å². The summed E-state index contributed by atoms with van der Waals surface area (Å²) in [6.07, 6.45) is 5.07. The third-order valence-corrected chi connectivity index (χ3v) is 4.43. The molecule has 1 atom stereocenters. The predicted octanol–water partition coefficient (Wildman–Crippen LogP) is 3.37. The van der Waals surface area contributed by atoms with Crippen molar-refractivity contribution < 1.29 is 14.4 Å². The van der Waals surface area contributed by atoms with Gasteiger partial charge in [-0.1, -0.05) is 6.92 Å². The predicted molar refractivity (Wildman–Crippen MR) is 106 cm³/mol. The third kappa shape index (κ3) is 9.28. The molecular formula is C19H36N2O3S. The van der Waals surface area contributed by atoms with E-state index in [4.69, 9.17) is 0 Å². The van der Waals surface area contributed by atoms with Crippen molar-refractivity contribution in [2.75, 3.05) is 12.8 Å². The van der Waals surface area contributed by atoms with E-state index in [0.29, 0.717) is 32.1 Å². The van der Waals surface area contributed by atoms with Crippen molar-refractivity contribution in [2.24, 2.45) is 0 Å². The molecule has 0 radical (unpaired) electrons. The first-order valence-electron chi connectivity index (χ1n) is 9.35. The minimum atomic E-state index is -0.539. The summed E-state index contributed by atoms with van der Waals surface area (Å²) in [4.78, 5) is 38.7. The lowest BCUT2D eigenvalue weighted by atomic mass is 9.96. The SMILES string of the molecule is CCCC(=O)CCC[C@@H](C(=O)NC)N(C(=O)CCCCS)C(C)(C)C. The van der Waals surface area contributed by atoms with Gasteiger partial charge in [0.2, 0.25) is 11.8 Å². The fourth-order valence-electron chi connectivity index (χ4n) is 2.96. The summed E-state index contributed by atoms with van der Waals surface area (Å²) in [5, 5.41) is 2.67. The molecule has 0 heterocycles. The Kier molecular flexibility index (Phi) is 11.8. The summed E-state index contributed by atoms with van der Waals surface area (Å²) in [7, 11) is 1.59. The highest BCUT2D eigenvalue weighted by molar-refractivity contribution is 7.80. The number of unbranched alkanes of at least 4 members (excludes halogenated alkanes) is 1. The molecule has 0 aliphatic rings. The average molecular weight is 373 g/mol. The number of likely N-dealkylation sites (N-methyl/N-ethyl adjacent to an activating group) is 1. The Hall–Kier alpha value is -1.04. The summed E-state index contributed by atoms with van der Waals surface area (Å²) >= 11 is 4.18. The maximum atomic E-state index is 12.8. The van der Waals surface area contributed by atoms with Crippen LogP contribution in [0, 0.1) is 0 Å². The zero-order valence-electron chi connectivity index (χ0n) is 16.6. The Morgan fingerprint density at radius 3 is 2.16 bits per heavy atom. The van der Waals surface area contributed by atoms with Crippen LogP contribution in [0.2, 0.25) is 0 Å². The molecular weight excluding hydrogens is 336 g/mol.